The summed E-state index contributed by atoms with van der Waals surface area (Å²) in [6.07, 6.45) is 6.40. The van der Waals surface area contributed by atoms with Crippen LogP contribution in [0.1, 0.15) is 44.6 Å². The number of benzene rings is 1. The fraction of sp³-hybridized carbons (Fsp3) is 0.650. The lowest BCUT2D eigenvalue weighted by atomic mass is 9.64. The highest BCUT2D eigenvalue weighted by molar-refractivity contribution is 14.0. The van der Waals surface area contributed by atoms with E-state index in [4.69, 9.17) is 4.74 Å². The number of hydrogen-bond donors (Lipinski definition) is 1. The molecule has 1 saturated heterocycles. The molecule has 1 aromatic rings. The predicted molar refractivity (Wildman–Crippen MR) is 123 cm³/mol. The van der Waals surface area contributed by atoms with Crippen LogP contribution in [-0.4, -0.2) is 50.3 Å². The Morgan fingerprint density at radius 1 is 1.35 bits per heavy atom. The van der Waals surface area contributed by atoms with Gasteiger partial charge >= 0.3 is 0 Å². The average Bonchev–Trinajstić information content (AvgIpc) is 2.59. The number of aliphatic imine (C=N–C) groups is 1. The summed E-state index contributed by atoms with van der Waals surface area (Å²) in [7, 11) is 1.89. The minimum atomic E-state index is 0. The highest BCUT2D eigenvalue weighted by Gasteiger charge is 2.39. The van der Waals surface area contributed by atoms with Crippen molar-refractivity contribution >= 4 is 45.9 Å². The van der Waals surface area contributed by atoms with E-state index < -0.39 is 0 Å². The van der Waals surface area contributed by atoms with Gasteiger partial charge in [0.1, 0.15) is 0 Å². The first-order chi connectivity index (χ1) is 12.2. The molecule has 146 valence electrons. The third-order valence-electron chi connectivity index (χ3n) is 5.69. The van der Waals surface area contributed by atoms with Crippen LogP contribution in [0.3, 0.4) is 0 Å². The minimum absolute atomic E-state index is 0. The van der Waals surface area contributed by atoms with Crippen LogP contribution < -0.4 is 5.32 Å². The number of hydrogen-bond acceptors (Lipinski definition) is 2. The molecule has 6 heteroatoms. The summed E-state index contributed by atoms with van der Waals surface area (Å²) in [4.78, 5) is 6.91. The SMILES string of the molecule is CCOC1CCN(C(=NC)NCC2(c3cccc(Br)c3)CCC2)CC1.I. The molecule has 26 heavy (non-hydrogen) atoms. The van der Waals surface area contributed by atoms with Crippen molar-refractivity contribution in [1.29, 1.82) is 0 Å². The molecule has 2 fully saturated rings. The van der Waals surface area contributed by atoms with E-state index in [1.54, 1.807) is 0 Å². The predicted octanol–water partition coefficient (Wildman–Crippen LogP) is 4.57. The Bertz CT molecular complexity index is 598. The first-order valence-electron chi connectivity index (χ1n) is 9.50. The van der Waals surface area contributed by atoms with Gasteiger partial charge in [-0.2, -0.15) is 0 Å². The third kappa shape index (κ3) is 5.13. The summed E-state index contributed by atoms with van der Waals surface area (Å²) in [5.41, 5.74) is 1.69. The monoisotopic (exact) mass is 535 g/mol. The smallest absolute Gasteiger partial charge is 0.193 e. The summed E-state index contributed by atoms with van der Waals surface area (Å²) in [5.74, 6) is 1.04. The maximum absolute atomic E-state index is 5.76. The van der Waals surface area contributed by atoms with E-state index >= 15 is 0 Å². The van der Waals surface area contributed by atoms with Crippen molar-refractivity contribution in [2.75, 3.05) is 33.3 Å². The second kappa shape index (κ2) is 10.3. The Hall–Kier alpha value is -0.340. The summed E-state index contributed by atoms with van der Waals surface area (Å²) in [5, 5.41) is 3.67. The Morgan fingerprint density at radius 2 is 2.08 bits per heavy atom. The van der Waals surface area contributed by atoms with Crippen LogP contribution >= 0.6 is 39.9 Å². The van der Waals surface area contributed by atoms with Gasteiger partial charge in [0.05, 0.1) is 6.10 Å². The summed E-state index contributed by atoms with van der Waals surface area (Å²) < 4.78 is 6.93. The van der Waals surface area contributed by atoms with Gasteiger partial charge in [-0.05, 0) is 50.3 Å². The van der Waals surface area contributed by atoms with E-state index in [-0.39, 0.29) is 29.4 Å². The highest BCUT2D eigenvalue weighted by atomic mass is 127. The average molecular weight is 536 g/mol. The maximum atomic E-state index is 5.76. The lowest BCUT2D eigenvalue weighted by Gasteiger charge is -2.44. The van der Waals surface area contributed by atoms with Crippen LogP contribution in [0.4, 0.5) is 0 Å². The zero-order chi connectivity index (χ0) is 17.7. The normalized spacial score (nSPS) is 20.3. The van der Waals surface area contributed by atoms with Crippen LogP contribution in [0.2, 0.25) is 0 Å². The summed E-state index contributed by atoms with van der Waals surface area (Å²) >= 11 is 3.62. The van der Waals surface area contributed by atoms with Crippen molar-refractivity contribution in [3.8, 4) is 0 Å². The van der Waals surface area contributed by atoms with Crippen LogP contribution in [0.15, 0.2) is 33.7 Å². The van der Waals surface area contributed by atoms with Crippen LogP contribution in [-0.2, 0) is 10.2 Å². The number of halogens is 2. The minimum Gasteiger partial charge on any atom is -0.378 e. The molecule has 1 aromatic carbocycles. The molecule has 0 atom stereocenters. The number of rotatable bonds is 5. The molecule has 1 N–H and O–H groups in total. The summed E-state index contributed by atoms with van der Waals surface area (Å²) in [6.45, 7) is 5.89. The molecule has 1 aliphatic heterocycles. The molecule has 0 unspecified atom stereocenters. The molecular formula is C20H31BrIN3O. The molecule has 1 aliphatic carbocycles. The van der Waals surface area contributed by atoms with Crippen molar-refractivity contribution in [2.24, 2.45) is 4.99 Å². The van der Waals surface area contributed by atoms with E-state index in [2.05, 4.69) is 62.3 Å². The van der Waals surface area contributed by atoms with Crippen molar-refractivity contribution in [2.45, 2.75) is 50.5 Å². The van der Waals surface area contributed by atoms with Gasteiger partial charge in [-0.1, -0.05) is 34.5 Å². The van der Waals surface area contributed by atoms with Crippen LogP contribution in [0.5, 0.6) is 0 Å². The van der Waals surface area contributed by atoms with Gasteiger partial charge in [0, 0.05) is 43.2 Å². The van der Waals surface area contributed by atoms with E-state index in [9.17, 15) is 0 Å². The molecular weight excluding hydrogens is 505 g/mol. The van der Waals surface area contributed by atoms with Gasteiger partial charge in [-0.3, -0.25) is 4.99 Å². The topological polar surface area (TPSA) is 36.9 Å². The summed E-state index contributed by atoms with van der Waals surface area (Å²) in [6, 6.07) is 8.79. The van der Waals surface area contributed by atoms with Crippen LogP contribution in [0.25, 0.3) is 0 Å². The van der Waals surface area contributed by atoms with E-state index in [1.165, 1.54) is 29.3 Å². The fourth-order valence-electron chi connectivity index (χ4n) is 4.04. The van der Waals surface area contributed by atoms with Gasteiger partial charge in [-0.15, -0.1) is 24.0 Å². The largest absolute Gasteiger partial charge is 0.378 e. The number of likely N-dealkylation sites (tertiary alicyclic amines) is 1. The van der Waals surface area contributed by atoms with Gasteiger partial charge < -0.3 is 15.0 Å². The number of nitrogens with zero attached hydrogens (tertiary/aromatic N) is 2. The zero-order valence-corrected chi connectivity index (χ0v) is 19.8. The standard InChI is InChI=1S/C20H30BrN3O.HI/c1-3-25-18-8-12-24(13-9-18)19(22-2)23-15-20(10-5-11-20)16-6-4-7-17(21)14-16;/h4,6-7,14,18H,3,5,8-13,15H2,1-2H3,(H,22,23);1H. The lowest BCUT2D eigenvalue weighted by Crippen LogP contribution is -2.52. The quantitative estimate of drug-likeness (QED) is 0.341. The first-order valence-corrected chi connectivity index (χ1v) is 10.3. The van der Waals surface area contributed by atoms with Crippen LogP contribution in [0, 0.1) is 0 Å². The molecule has 0 spiro atoms. The van der Waals surface area contributed by atoms with E-state index in [1.807, 2.05) is 7.05 Å². The molecule has 0 amide bonds. The number of piperidine rings is 1. The first kappa shape index (κ1) is 22.0. The van der Waals surface area contributed by atoms with Crippen molar-refractivity contribution in [3.05, 3.63) is 34.3 Å². The van der Waals surface area contributed by atoms with Crippen molar-refractivity contribution in [1.82, 2.24) is 10.2 Å². The Labute approximate surface area is 183 Å². The molecule has 2 aliphatic rings. The molecule has 4 nitrogen and oxygen atoms in total. The number of nitrogens with one attached hydrogen (secondary N) is 1. The Kier molecular flexibility index (Phi) is 8.67. The van der Waals surface area contributed by atoms with Gasteiger partial charge in [0.2, 0.25) is 0 Å². The molecule has 0 aromatic heterocycles. The number of ether oxygens (including phenoxy) is 1. The maximum Gasteiger partial charge on any atom is 0.193 e. The lowest BCUT2D eigenvalue weighted by molar-refractivity contribution is 0.0262. The molecule has 0 bridgehead atoms. The fourth-order valence-corrected chi connectivity index (χ4v) is 4.44. The van der Waals surface area contributed by atoms with E-state index in [0.717, 1.165) is 45.0 Å². The second-order valence-corrected chi connectivity index (χ2v) is 8.10. The van der Waals surface area contributed by atoms with Gasteiger partial charge in [0.25, 0.3) is 0 Å². The van der Waals surface area contributed by atoms with Crippen molar-refractivity contribution < 1.29 is 4.74 Å². The van der Waals surface area contributed by atoms with Crippen molar-refractivity contribution in [3.63, 3.8) is 0 Å². The molecule has 0 radical (unpaired) electrons. The highest BCUT2D eigenvalue weighted by Crippen LogP contribution is 2.43. The Morgan fingerprint density at radius 3 is 2.62 bits per heavy atom. The molecule has 1 saturated carbocycles. The second-order valence-electron chi connectivity index (χ2n) is 7.19. The molecule has 3 rings (SSSR count). The van der Waals surface area contributed by atoms with E-state index in [0.29, 0.717) is 6.10 Å². The third-order valence-corrected chi connectivity index (χ3v) is 6.18. The zero-order valence-electron chi connectivity index (χ0n) is 15.8. The van der Waals surface area contributed by atoms with Gasteiger partial charge in [0.15, 0.2) is 5.96 Å². The number of guanidine groups is 1. The molecule has 1 heterocycles. The van der Waals surface area contributed by atoms with Gasteiger partial charge in [-0.25, -0.2) is 0 Å². The Balaban J connectivity index is 0.00000243.